The number of aryl methyl sites for hydroxylation is 6. The molecule has 0 aromatic carbocycles. The number of rotatable bonds is 3. The lowest BCUT2D eigenvalue weighted by Gasteiger charge is -2.10. The SMILES string of the molecule is Cc1nc(C)c(COC(=O)c2nc(C)c(C)nc2C)nc1C. The number of esters is 1. The van der Waals surface area contributed by atoms with Gasteiger partial charge in [0.2, 0.25) is 0 Å². The van der Waals surface area contributed by atoms with Crippen LogP contribution in [-0.2, 0) is 11.3 Å². The van der Waals surface area contributed by atoms with Gasteiger partial charge in [-0.05, 0) is 41.5 Å². The average Bonchev–Trinajstić information content (AvgIpc) is 2.45. The molecule has 0 amide bonds. The second-order valence-electron chi connectivity index (χ2n) is 5.33. The van der Waals surface area contributed by atoms with Crippen molar-refractivity contribution in [1.82, 2.24) is 19.9 Å². The minimum atomic E-state index is -0.493. The van der Waals surface area contributed by atoms with Crippen molar-refractivity contribution < 1.29 is 9.53 Å². The van der Waals surface area contributed by atoms with Crippen molar-refractivity contribution in [2.24, 2.45) is 0 Å². The summed E-state index contributed by atoms with van der Waals surface area (Å²) in [6.45, 7) is 11.1. The quantitative estimate of drug-likeness (QED) is 0.810. The van der Waals surface area contributed by atoms with Crippen LogP contribution >= 0.6 is 0 Å². The van der Waals surface area contributed by atoms with Crippen molar-refractivity contribution in [2.45, 2.75) is 48.1 Å². The van der Waals surface area contributed by atoms with Crippen LogP contribution in [0.3, 0.4) is 0 Å². The van der Waals surface area contributed by atoms with Gasteiger partial charge in [-0.1, -0.05) is 0 Å². The molecule has 0 unspecified atom stereocenters. The number of nitrogens with zero attached hydrogens (tertiary/aromatic N) is 4. The van der Waals surface area contributed by atoms with Crippen LogP contribution in [0.1, 0.15) is 50.3 Å². The van der Waals surface area contributed by atoms with Crippen LogP contribution in [0, 0.1) is 41.5 Å². The minimum absolute atomic E-state index is 0.0762. The zero-order chi connectivity index (χ0) is 16.4. The Hall–Kier alpha value is -2.37. The van der Waals surface area contributed by atoms with Gasteiger partial charge in [0.25, 0.3) is 0 Å². The molecular formula is C16H20N4O2. The molecule has 116 valence electrons. The zero-order valence-corrected chi connectivity index (χ0v) is 13.8. The summed E-state index contributed by atoms with van der Waals surface area (Å²) in [5, 5.41) is 0. The lowest BCUT2D eigenvalue weighted by atomic mass is 10.2. The summed E-state index contributed by atoms with van der Waals surface area (Å²) in [6.07, 6.45) is 0. The van der Waals surface area contributed by atoms with Gasteiger partial charge in [0.05, 0.1) is 39.9 Å². The molecule has 2 aromatic heterocycles. The monoisotopic (exact) mass is 300 g/mol. The first-order valence-electron chi connectivity index (χ1n) is 7.09. The smallest absolute Gasteiger partial charge is 0.359 e. The van der Waals surface area contributed by atoms with E-state index in [-0.39, 0.29) is 12.3 Å². The first-order chi connectivity index (χ1) is 10.3. The number of ether oxygens (including phenoxy) is 1. The Labute approximate surface area is 130 Å². The van der Waals surface area contributed by atoms with E-state index in [9.17, 15) is 4.79 Å². The van der Waals surface area contributed by atoms with Gasteiger partial charge in [0.15, 0.2) is 5.69 Å². The van der Waals surface area contributed by atoms with Crippen molar-refractivity contribution in [3.8, 4) is 0 Å². The van der Waals surface area contributed by atoms with Gasteiger partial charge >= 0.3 is 5.97 Å². The van der Waals surface area contributed by atoms with E-state index in [1.165, 1.54) is 0 Å². The average molecular weight is 300 g/mol. The van der Waals surface area contributed by atoms with Crippen LogP contribution in [0.15, 0.2) is 0 Å². The highest BCUT2D eigenvalue weighted by molar-refractivity contribution is 5.88. The molecule has 0 aliphatic heterocycles. The fourth-order valence-corrected chi connectivity index (χ4v) is 2.01. The van der Waals surface area contributed by atoms with Gasteiger partial charge < -0.3 is 4.74 Å². The maximum atomic E-state index is 12.2. The van der Waals surface area contributed by atoms with Crippen molar-refractivity contribution in [3.63, 3.8) is 0 Å². The molecule has 0 fully saturated rings. The standard InChI is InChI=1S/C16H20N4O2/c1-8-10(3)19-14(12(5)17-8)7-22-16(21)15-13(6)18-9(2)11(4)20-15/h7H2,1-6H3. The van der Waals surface area contributed by atoms with Crippen molar-refractivity contribution in [1.29, 1.82) is 0 Å². The maximum Gasteiger partial charge on any atom is 0.359 e. The number of carbonyl (C=O) groups is 1. The molecule has 0 atom stereocenters. The lowest BCUT2D eigenvalue weighted by Crippen LogP contribution is -2.14. The number of hydrogen-bond donors (Lipinski definition) is 0. The molecule has 6 nitrogen and oxygen atoms in total. The normalized spacial score (nSPS) is 10.6. The fraction of sp³-hybridized carbons (Fsp3) is 0.438. The first-order valence-corrected chi connectivity index (χ1v) is 7.09. The van der Waals surface area contributed by atoms with Gasteiger partial charge in [0, 0.05) is 0 Å². The van der Waals surface area contributed by atoms with Gasteiger partial charge in [-0.15, -0.1) is 0 Å². The first kappa shape index (κ1) is 16.0. The Balaban J connectivity index is 2.17. The van der Waals surface area contributed by atoms with Gasteiger partial charge in [-0.3, -0.25) is 15.0 Å². The number of aromatic nitrogens is 4. The third kappa shape index (κ3) is 3.27. The van der Waals surface area contributed by atoms with Crippen LogP contribution in [0.4, 0.5) is 0 Å². The Bertz CT molecular complexity index is 741. The fourth-order valence-electron chi connectivity index (χ4n) is 2.01. The molecular weight excluding hydrogens is 280 g/mol. The molecule has 6 heteroatoms. The minimum Gasteiger partial charge on any atom is -0.454 e. The van der Waals surface area contributed by atoms with Gasteiger partial charge in [-0.2, -0.15) is 0 Å². The Morgan fingerprint density at radius 2 is 1.23 bits per heavy atom. The Kier molecular flexibility index (Phi) is 4.49. The summed E-state index contributed by atoms with van der Waals surface area (Å²) in [5.41, 5.74) is 5.48. The molecule has 0 saturated carbocycles. The molecule has 0 saturated heterocycles. The number of hydrogen-bond acceptors (Lipinski definition) is 6. The van der Waals surface area contributed by atoms with E-state index >= 15 is 0 Å². The van der Waals surface area contributed by atoms with Crippen LogP contribution in [0.25, 0.3) is 0 Å². The van der Waals surface area contributed by atoms with Crippen LogP contribution < -0.4 is 0 Å². The van der Waals surface area contributed by atoms with Crippen molar-refractivity contribution >= 4 is 5.97 Å². The highest BCUT2D eigenvalue weighted by Gasteiger charge is 2.16. The summed E-state index contributed by atoms with van der Waals surface area (Å²) in [6, 6.07) is 0. The zero-order valence-electron chi connectivity index (χ0n) is 13.8. The summed E-state index contributed by atoms with van der Waals surface area (Å²) >= 11 is 0. The topological polar surface area (TPSA) is 77.9 Å². The maximum absolute atomic E-state index is 12.2. The van der Waals surface area contributed by atoms with E-state index in [2.05, 4.69) is 19.9 Å². The summed E-state index contributed by atoms with van der Waals surface area (Å²) in [7, 11) is 0. The molecule has 0 bridgehead atoms. The summed E-state index contributed by atoms with van der Waals surface area (Å²) in [4.78, 5) is 29.6. The molecule has 22 heavy (non-hydrogen) atoms. The molecule has 0 aliphatic rings. The van der Waals surface area contributed by atoms with E-state index in [1.807, 2.05) is 34.6 Å². The van der Waals surface area contributed by atoms with Crippen LogP contribution in [0.5, 0.6) is 0 Å². The third-order valence-corrected chi connectivity index (χ3v) is 3.59. The Morgan fingerprint density at radius 3 is 1.86 bits per heavy atom. The molecule has 0 N–H and O–H groups in total. The molecule has 0 aliphatic carbocycles. The van der Waals surface area contributed by atoms with E-state index < -0.39 is 5.97 Å². The van der Waals surface area contributed by atoms with Crippen molar-refractivity contribution in [3.05, 3.63) is 45.6 Å². The van der Waals surface area contributed by atoms with Gasteiger partial charge in [-0.25, -0.2) is 9.78 Å². The second-order valence-corrected chi connectivity index (χ2v) is 5.33. The highest BCUT2D eigenvalue weighted by Crippen LogP contribution is 2.12. The predicted molar refractivity (Wildman–Crippen MR) is 81.6 cm³/mol. The van der Waals surface area contributed by atoms with Crippen LogP contribution in [-0.4, -0.2) is 25.9 Å². The highest BCUT2D eigenvalue weighted by atomic mass is 16.5. The van der Waals surface area contributed by atoms with E-state index in [0.29, 0.717) is 11.4 Å². The van der Waals surface area contributed by atoms with E-state index in [4.69, 9.17) is 4.74 Å². The second kappa shape index (κ2) is 6.17. The molecule has 0 spiro atoms. The van der Waals surface area contributed by atoms with E-state index in [0.717, 1.165) is 28.5 Å². The van der Waals surface area contributed by atoms with Crippen molar-refractivity contribution in [2.75, 3.05) is 0 Å². The molecule has 0 radical (unpaired) electrons. The molecule has 2 heterocycles. The molecule has 2 aromatic rings. The number of carbonyl (C=O) groups excluding carboxylic acids is 1. The van der Waals surface area contributed by atoms with E-state index in [1.54, 1.807) is 6.92 Å². The Morgan fingerprint density at radius 1 is 0.727 bits per heavy atom. The van der Waals surface area contributed by atoms with Crippen LogP contribution in [0.2, 0.25) is 0 Å². The summed E-state index contributed by atoms with van der Waals surface area (Å²) < 4.78 is 5.32. The largest absolute Gasteiger partial charge is 0.454 e. The third-order valence-electron chi connectivity index (χ3n) is 3.59. The molecule has 2 rings (SSSR count). The lowest BCUT2D eigenvalue weighted by molar-refractivity contribution is 0.0457. The summed E-state index contributed by atoms with van der Waals surface area (Å²) in [5.74, 6) is -0.493. The predicted octanol–water partition coefficient (Wildman–Crippen LogP) is 2.47. The van der Waals surface area contributed by atoms with Gasteiger partial charge in [0.1, 0.15) is 6.61 Å².